The van der Waals surface area contributed by atoms with Crippen LogP contribution in [0.5, 0.6) is 0 Å². The molecule has 0 aromatic heterocycles. The van der Waals surface area contributed by atoms with Crippen molar-refractivity contribution in [2.45, 2.75) is 49.7 Å². The van der Waals surface area contributed by atoms with Gasteiger partial charge in [0.15, 0.2) is 0 Å². The number of halogens is 2. The molecule has 2 aliphatic rings. The fraction of sp³-hybridized carbons (Fsp3) is 0.533. The van der Waals surface area contributed by atoms with E-state index >= 15 is 0 Å². The highest BCUT2D eigenvalue weighted by atomic mass is 19.1. The van der Waals surface area contributed by atoms with Gasteiger partial charge in [-0.05, 0) is 44.2 Å². The Balaban J connectivity index is 1.66. The molecule has 2 saturated carbocycles. The number of benzene rings is 1. The Morgan fingerprint density at radius 3 is 2.45 bits per heavy atom. The standard InChI is InChI=1S/C15H17F2NO2/c16-10-4-3-5-11(17)13(10)9-8-12(9)18-14(19)15(20)6-1-2-7-15/h3-5,9,12,20H,1-2,6-8H2,(H,18,19). The van der Waals surface area contributed by atoms with Gasteiger partial charge < -0.3 is 10.4 Å². The van der Waals surface area contributed by atoms with E-state index in [4.69, 9.17) is 0 Å². The van der Waals surface area contributed by atoms with E-state index in [0.29, 0.717) is 19.3 Å². The van der Waals surface area contributed by atoms with Gasteiger partial charge in [0.2, 0.25) is 0 Å². The fourth-order valence-corrected chi connectivity index (χ4v) is 3.03. The molecule has 2 fully saturated rings. The molecular formula is C15H17F2NO2. The molecule has 20 heavy (non-hydrogen) atoms. The van der Waals surface area contributed by atoms with Crippen molar-refractivity contribution in [3.63, 3.8) is 0 Å². The Bertz CT molecular complexity index is 520. The average molecular weight is 281 g/mol. The van der Waals surface area contributed by atoms with E-state index in [1.165, 1.54) is 18.2 Å². The van der Waals surface area contributed by atoms with Crippen LogP contribution in [0.4, 0.5) is 8.78 Å². The fourth-order valence-electron chi connectivity index (χ4n) is 3.03. The lowest BCUT2D eigenvalue weighted by atomic mass is 10.0. The molecule has 1 amide bonds. The van der Waals surface area contributed by atoms with E-state index in [0.717, 1.165) is 12.8 Å². The van der Waals surface area contributed by atoms with Crippen molar-refractivity contribution in [2.75, 3.05) is 0 Å². The summed E-state index contributed by atoms with van der Waals surface area (Å²) in [6, 6.07) is 3.49. The van der Waals surface area contributed by atoms with Gasteiger partial charge in [0.25, 0.3) is 5.91 Å². The highest BCUT2D eigenvalue weighted by Crippen LogP contribution is 2.43. The van der Waals surface area contributed by atoms with Crippen molar-refractivity contribution < 1.29 is 18.7 Å². The van der Waals surface area contributed by atoms with Crippen LogP contribution in [0.1, 0.15) is 43.6 Å². The lowest BCUT2D eigenvalue weighted by Gasteiger charge is -2.21. The van der Waals surface area contributed by atoms with Crippen LogP contribution < -0.4 is 5.32 Å². The summed E-state index contributed by atoms with van der Waals surface area (Å²) in [6.45, 7) is 0. The van der Waals surface area contributed by atoms with E-state index in [9.17, 15) is 18.7 Å². The predicted octanol–water partition coefficient (Wildman–Crippen LogP) is 2.24. The number of rotatable bonds is 3. The number of aliphatic hydroxyl groups is 1. The third-order valence-corrected chi connectivity index (χ3v) is 4.33. The molecule has 1 aromatic carbocycles. The third-order valence-electron chi connectivity index (χ3n) is 4.33. The van der Waals surface area contributed by atoms with Crippen LogP contribution in [0, 0.1) is 11.6 Å². The largest absolute Gasteiger partial charge is 0.380 e. The molecule has 5 heteroatoms. The molecule has 3 rings (SSSR count). The lowest BCUT2D eigenvalue weighted by Crippen LogP contribution is -2.45. The van der Waals surface area contributed by atoms with E-state index < -0.39 is 23.1 Å². The molecule has 0 saturated heterocycles. The summed E-state index contributed by atoms with van der Waals surface area (Å²) in [5.74, 6) is -1.89. The van der Waals surface area contributed by atoms with Gasteiger partial charge in [0.05, 0.1) is 0 Å². The van der Waals surface area contributed by atoms with Crippen LogP contribution in [0.25, 0.3) is 0 Å². The van der Waals surface area contributed by atoms with E-state index in [1.54, 1.807) is 0 Å². The van der Waals surface area contributed by atoms with Crippen molar-refractivity contribution in [3.8, 4) is 0 Å². The molecular weight excluding hydrogens is 264 g/mol. The second-order valence-electron chi connectivity index (χ2n) is 5.80. The van der Waals surface area contributed by atoms with Crippen molar-refractivity contribution in [1.29, 1.82) is 0 Å². The zero-order valence-electron chi connectivity index (χ0n) is 11.0. The normalized spacial score (nSPS) is 27.4. The third kappa shape index (κ3) is 2.30. The first-order chi connectivity index (χ1) is 9.51. The molecule has 2 aliphatic carbocycles. The molecule has 2 atom stereocenters. The van der Waals surface area contributed by atoms with Crippen LogP contribution in [0.3, 0.4) is 0 Å². The topological polar surface area (TPSA) is 49.3 Å². The van der Waals surface area contributed by atoms with Crippen molar-refractivity contribution in [1.82, 2.24) is 5.32 Å². The summed E-state index contributed by atoms with van der Waals surface area (Å²) in [5.41, 5.74) is -1.25. The van der Waals surface area contributed by atoms with Gasteiger partial charge in [-0.15, -0.1) is 0 Å². The van der Waals surface area contributed by atoms with Gasteiger partial charge >= 0.3 is 0 Å². The molecule has 0 heterocycles. The number of hydrogen-bond acceptors (Lipinski definition) is 2. The number of carbonyl (C=O) groups excluding carboxylic acids is 1. The first kappa shape index (κ1) is 13.5. The Hall–Kier alpha value is -1.49. The highest BCUT2D eigenvalue weighted by molar-refractivity contribution is 5.85. The van der Waals surface area contributed by atoms with E-state index in [-0.39, 0.29) is 17.5 Å². The molecule has 2 unspecified atom stereocenters. The van der Waals surface area contributed by atoms with Crippen molar-refractivity contribution >= 4 is 5.91 Å². The zero-order valence-corrected chi connectivity index (χ0v) is 11.0. The first-order valence-electron chi connectivity index (χ1n) is 6.98. The van der Waals surface area contributed by atoms with E-state index in [1.807, 2.05) is 0 Å². The maximum absolute atomic E-state index is 13.6. The Morgan fingerprint density at radius 1 is 1.25 bits per heavy atom. The van der Waals surface area contributed by atoms with Crippen molar-refractivity contribution in [3.05, 3.63) is 35.4 Å². The maximum Gasteiger partial charge on any atom is 0.252 e. The molecule has 0 bridgehead atoms. The molecule has 3 nitrogen and oxygen atoms in total. The average Bonchev–Trinajstić information content (AvgIpc) is 2.97. The Labute approximate surface area is 116 Å². The smallest absolute Gasteiger partial charge is 0.252 e. The molecule has 0 aliphatic heterocycles. The van der Waals surface area contributed by atoms with Crippen LogP contribution >= 0.6 is 0 Å². The molecule has 108 valence electrons. The Kier molecular flexibility index (Phi) is 3.24. The van der Waals surface area contributed by atoms with Crippen LogP contribution in [-0.4, -0.2) is 22.7 Å². The van der Waals surface area contributed by atoms with Crippen LogP contribution in [0.2, 0.25) is 0 Å². The van der Waals surface area contributed by atoms with Gasteiger partial charge in [0.1, 0.15) is 17.2 Å². The summed E-state index contributed by atoms with van der Waals surface area (Å²) < 4.78 is 27.3. The molecule has 0 radical (unpaired) electrons. The second-order valence-corrected chi connectivity index (χ2v) is 5.80. The van der Waals surface area contributed by atoms with Gasteiger partial charge in [-0.25, -0.2) is 8.78 Å². The second kappa shape index (κ2) is 4.81. The van der Waals surface area contributed by atoms with Gasteiger partial charge in [-0.1, -0.05) is 6.07 Å². The summed E-state index contributed by atoms with van der Waals surface area (Å²) in [5, 5.41) is 12.9. The SMILES string of the molecule is O=C(NC1CC1c1c(F)cccc1F)C1(O)CCCC1. The molecule has 2 N–H and O–H groups in total. The quantitative estimate of drug-likeness (QED) is 0.892. The minimum absolute atomic E-state index is 0.0382. The summed E-state index contributed by atoms with van der Waals surface area (Å²) in [7, 11) is 0. The maximum atomic E-state index is 13.6. The van der Waals surface area contributed by atoms with Gasteiger partial charge in [0, 0.05) is 17.5 Å². The first-order valence-corrected chi connectivity index (χ1v) is 6.98. The zero-order chi connectivity index (χ0) is 14.3. The summed E-state index contributed by atoms with van der Waals surface area (Å²) in [6.07, 6.45) is 3.11. The summed E-state index contributed by atoms with van der Waals surface area (Å²) >= 11 is 0. The minimum atomic E-state index is -1.29. The number of nitrogens with one attached hydrogen (secondary N) is 1. The van der Waals surface area contributed by atoms with Crippen molar-refractivity contribution in [2.24, 2.45) is 0 Å². The van der Waals surface area contributed by atoms with Crippen LogP contribution in [0.15, 0.2) is 18.2 Å². The Morgan fingerprint density at radius 2 is 1.85 bits per heavy atom. The predicted molar refractivity (Wildman–Crippen MR) is 69.1 cm³/mol. The molecule has 1 aromatic rings. The number of carbonyl (C=O) groups is 1. The monoisotopic (exact) mass is 281 g/mol. The number of amides is 1. The minimum Gasteiger partial charge on any atom is -0.380 e. The molecule has 0 spiro atoms. The lowest BCUT2D eigenvalue weighted by molar-refractivity contribution is -0.139. The number of hydrogen-bond donors (Lipinski definition) is 2. The van der Waals surface area contributed by atoms with Gasteiger partial charge in [-0.2, -0.15) is 0 Å². The van der Waals surface area contributed by atoms with Crippen LogP contribution in [-0.2, 0) is 4.79 Å². The van der Waals surface area contributed by atoms with E-state index in [2.05, 4.69) is 5.32 Å². The highest BCUT2D eigenvalue weighted by Gasteiger charge is 2.46. The van der Waals surface area contributed by atoms with Gasteiger partial charge in [-0.3, -0.25) is 4.79 Å². The summed E-state index contributed by atoms with van der Waals surface area (Å²) in [4.78, 5) is 12.0.